The van der Waals surface area contributed by atoms with E-state index < -0.39 is 49.5 Å². The number of ether oxygens (including phenoxy) is 2. The van der Waals surface area contributed by atoms with E-state index >= 15 is 0 Å². The van der Waals surface area contributed by atoms with Crippen LogP contribution in [0.25, 0.3) is 0 Å². The van der Waals surface area contributed by atoms with Gasteiger partial charge in [-0.3, -0.25) is 4.79 Å². The number of hydrogen-bond donors (Lipinski definition) is 6. The molecular formula is C52H97NO8. The number of amides is 1. The maximum absolute atomic E-state index is 13.0. The molecule has 0 aromatic heterocycles. The highest BCUT2D eigenvalue weighted by Gasteiger charge is 2.44. The van der Waals surface area contributed by atoms with E-state index in [0.29, 0.717) is 6.42 Å². The SMILES string of the molecule is CCCCCC/C=C/CC/C=C/C(O)C(COC1OC(CO)C(O)C(O)C1O)NC(=O)CCCCCCCCCCCCCC/C=C\CCCCCCCCCCCCCC. The molecule has 0 aromatic carbocycles. The second-order valence-electron chi connectivity index (χ2n) is 18.0. The van der Waals surface area contributed by atoms with Crippen LogP contribution in [0.15, 0.2) is 36.5 Å². The largest absolute Gasteiger partial charge is 0.394 e. The monoisotopic (exact) mass is 864 g/mol. The number of aliphatic hydroxyl groups excluding tert-OH is 5. The van der Waals surface area contributed by atoms with Crippen LogP contribution in [0.2, 0.25) is 0 Å². The number of carbonyl (C=O) groups excluding carboxylic acids is 1. The number of carbonyl (C=O) groups is 1. The van der Waals surface area contributed by atoms with Gasteiger partial charge in [0, 0.05) is 6.42 Å². The molecule has 0 aromatic rings. The molecule has 0 bridgehead atoms. The number of nitrogens with one attached hydrogen (secondary N) is 1. The summed E-state index contributed by atoms with van der Waals surface area (Å²) >= 11 is 0. The minimum absolute atomic E-state index is 0.188. The van der Waals surface area contributed by atoms with Gasteiger partial charge in [-0.2, -0.15) is 0 Å². The third-order valence-electron chi connectivity index (χ3n) is 12.2. The first-order valence-corrected chi connectivity index (χ1v) is 25.7. The second-order valence-corrected chi connectivity index (χ2v) is 18.0. The zero-order valence-corrected chi connectivity index (χ0v) is 39.4. The Morgan fingerprint density at radius 2 is 0.934 bits per heavy atom. The number of aliphatic hydroxyl groups is 5. The van der Waals surface area contributed by atoms with E-state index in [1.54, 1.807) is 6.08 Å². The zero-order chi connectivity index (χ0) is 44.4. The van der Waals surface area contributed by atoms with Gasteiger partial charge in [0.05, 0.1) is 25.4 Å². The minimum atomic E-state index is -1.57. The summed E-state index contributed by atoms with van der Waals surface area (Å²) in [7, 11) is 0. The quantitative estimate of drug-likeness (QED) is 0.0262. The lowest BCUT2D eigenvalue weighted by Gasteiger charge is -2.40. The molecule has 7 unspecified atom stereocenters. The van der Waals surface area contributed by atoms with Crippen molar-refractivity contribution in [1.29, 1.82) is 0 Å². The predicted molar refractivity (Wildman–Crippen MR) is 253 cm³/mol. The molecule has 1 rings (SSSR count). The van der Waals surface area contributed by atoms with Crippen molar-refractivity contribution in [3.8, 4) is 0 Å². The van der Waals surface area contributed by atoms with Gasteiger partial charge in [0.25, 0.3) is 0 Å². The Balaban J connectivity index is 2.16. The van der Waals surface area contributed by atoms with Crippen LogP contribution in [-0.2, 0) is 14.3 Å². The van der Waals surface area contributed by atoms with Crippen LogP contribution in [-0.4, -0.2) is 87.5 Å². The van der Waals surface area contributed by atoms with Crippen molar-refractivity contribution in [2.24, 2.45) is 0 Å². The number of allylic oxidation sites excluding steroid dienone is 5. The number of unbranched alkanes of at least 4 members (excludes halogenated alkanes) is 29. The fraction of sp³-hybridized carbons (Fsp3) is 0.865. The molecule has 1 aliphatic heterocycles. The van der Waals surface area contributed by atoms with Gasteiger partial charge in [0.2, 0.25) is 5.91 Å². The molecule has 1 amide bonds. The van der Waals surface area contributed by atoms with Gasteiger partial charge in [0.1, 0.15) is 24.4 Å². The summed E-state index contributed by atoms with van der Waals surface area (Å²) in [5.41, 5.74) is 0. The zero-order valence-electron chi connectivity index (χ0n) is 39.4. The van der Waals surface area contributed by atoms with E-state index in [1.165, 1.54) is 173 Å². The first-order valence-electron chi connectivity index (χ1n) is 25.7. The van der Waals surface area contributed by atoms with E-state index in [1.807, 2.05) is 6.08 Å². The molecule has 9 nitrogen and oxygen atoms in total. The Morgan fingerprint density at radius 3 is 1.39 bits per heavy atom. The lowest BCUT2D eigenvalue weighted by Crippen LogP contribution is -2.60. The van der Waals surface area contributed by atoms with E-state index in [9.17, 15) is 30.3 Å². The number of rotatable bonds is 43. The standard InChI is InChI=1S/C52H97NO8/c1-3-5-7-9-11-13-15-16-17-18-19-20-21-22-23-24-25-26-27-28-29-30-31-32-34-36-38-40-42-48(56)53-45(44-60-52-51(59)50(58)49(57)47(43-54)61-52)46(55)41-39-37-35-33-14-12-10-8-6-4-2/h14,22-23,33,39,41,45-47,49-52,54-55,57-59H,3-13,15-21,24-32,34-38,40,42-44H2,1-2H3,(H,53,56)/b23-22-,33-14+,41-39+. The molecule has 7 atom stereocenters. The highest BCUT2D eigenvalue weighted by molar-refractivity contribution is 5.76. The molecule has 9 heteroatoms. The van der Waals surface area contributed by atoms with Gasteiger partial charge in [-0.25, -0.2) is 0 Å². The van der Waals surface area contributed by atoms with Gasteiger partial charge in [-0.15, -0.1) is 0 Å². The van der Waals surface area contributed by atoms with Crippen LogP contribution in [0.5, 0.6) is 0 Å². The topological polar surface area (TPSA) is 149 Å². The third-order valence-corrected chi connectivity index (χ3v) is 12.2. The van der Waals surface area contributed by atoms with Crippen LogP contribution in [0.4, 0.5) is 0 Å². The molecule has 0 aliphatic carbocycles. The normalized spacial score (nSPS) is 20.7. The van der Waals surface area contributed by atoms with Crippen LogP contribution >= 0.6 is 0 Å². The average Bonchev–Trinajstić information content (AvgIpc) is 3.26. The second kappa shape index (κ2) is 42.4. The Bertz CT molecular complexity index is 1050. The van der Waals surface area contributed by atoms with Crippen molar-refractivity contribution in [1.82, 2.24) is 5.32 Å². The molecule has 1 aliphatic rings. The summed E-state index contributed by atoms with van der Waals surface area (Å²) in [4.78, 5) is 13.0. The lowest BCUT2D eigenvalue weighted by molar-refractivity contribution is -0.302. The summed E-state index contributed by atoms with van der Waals surface area (Å²) in [6, 6.07) is -0.819. The van der Waals surface area contributed by atoms with Gasteiger partial charge in [0.15, 0.2) is 6.29 Å². The summed E-state index contributed by atoms with van der Waals surface area (Å²) in [6.07, 6.45) is 46.5. The van der Waals surface area contributed by atoms with Gasteiger partial charge in [-0.05, 0) is 57.8 Å². The highest BCUT2D eigenvalue weighted by Crippen LogP contribution is 2.23. The third kappa shape index (κ3) is 32.7. The average molecular weight is 864 g/mol. The van der Waals surface area contributed by atoms with Crippen molar-refractivity contribution < 1.29 is 39.8 Å². The molecule has 1 heterocycles. The number of hydrogen-bond acceptors (Lipinski definition) is 8. The molecule has 6 N–H and O–H groups in total. The van der Waals surface area contributed by atoms with Crippen LogP contribution in [0.1, 0.15) is 232 Å². The first kappa shape index (κ1) is 57.4. The Labute approximate surface area is 374 Å². The van der Waals surface area contributed by atoms with Gasteiger partial charge >= 0.3 is 0 Å². The van der Waals surface area contributed by atoms with Gasteiger partial charge in [-0.1, -0.05) is 204 Å². The first-order chi connectivity index (χ1) is 29.8. The molecule has 358 valence electrons. The van der Waals surface area contributed by atoms with Crippen LogP contribution < -0.4 is 5.32 Å². The molecular weight excluding hydrogens is 767 g/mol. The van der Waals surface area contributed by atoms with E-state index in [2.05, 4.69) is 43.5 Å². The molecule has 1 saturated heterocycles. The summed E-state index contributed by atoms with van der Waals surface area (Å²) in [5, 5.41) is 54.1. The summed E-state index contributed by atoms with van der Waals surface area (Å²) < 4.78 is 11.2. The van der Waals surface area contributed by atoms with Crippen molar-refractivity contribution in [2.75, 3.05) is 13.2 Å². The maximum Gasteiger partial charge on any atom is 0.220 e. The summed E-state index contributed by atoms with van der Waals surface area (Å²) in [6.45, 7) is 3.73. The highest BCUT2D eigenvalue weighted by atomic mass is 16.7. The van der Waals surface area contributed by atoms with Crippen LogP contribution in [0.3, 0.4) is 0 Å². The van der Waals surface area contributed by atoms with Gasteiger partial charge < -0.3 is 40.3 Å². The smallest absolute Gasteiger partial charge is 0.220 e. The Morgan fingerprint density at radius 1 is 0.541 bits per heavy atom. The van der Waals surface area contributed by atoms with Crippen molar-refractivity contribution in [3.05, 3.63) is 36.5 Å². The Hall–Kier alpha value is -1.59. The van der Waals surface area contributed by atoms with E-state index in [-0.39, 0.29) is 12.5 Å². The molecule has 1 fully saturated rings. The van der Waals surface area contributed by atoms with Crippen molar-refractivity contribution >= 4 is 5.91 Å². The minimum Gasteiger partial charge on any atom is -0.394 e. The van der Waals surface area contributed by atoms with E-state index in [4.69, 9.17) is 9.47 Å². The molecule has 61 heavy (non-hydrogen) atoms. The van der Waals surface area contributed by atoms with Crippen molar-refractivity contribution in [3.63, 3.8) is 0 Å². The maximum atomic E-state index is 13.0. The fourth-order valence-corrected chi connectivity index (χ4v) is 8.05. The molecule has 0 saturated carbocycles. The van der Waals surface area contributed by atoms with Crippen molar-refractivity contribution in [2.45, 2.75) is 275 Å². The lowest BCUT2D eigenvalue weighted by atomic mass is 9.99. The summed E-state index contributed by atoms with van der Waals surface area (Å²) in [5.74, 6) is -0.188. The predicted octanol–water partition coefficient (Wildman–Crippen LogP) is 11.6. The van der Waals surface area contributed by atoms with E-state index in [0.717, 1.165) is 38.5 Å². The Kier molecular flexibility index (Phi) is 39.9. The molecule has 0 radical (unpaired) electrons. The molecule has 0 spiro atoms. The van der Waals surface area contributed by atoms with Crippen LogP contribution in [0, 0.1) is 0 Å². The fourth-order valence-electron chi connectivity index (χ4n) is 8.05.